The monoisotopic (exact) mass is 368 g/mol. The maximum absolute atomic E-state index is 11.9. The molecule has 2 unspecified atom stereocenters. The van der Waals surface area contributed by atoms with E-state index < -0.39 is 73.0 Å². The van der Waals surface area contributed by atoms with E-state index in [-0.39, 0.29) is 0 Å². The predicted molar refractivity (Wildman–Crippen MR) is 67.5 cm³/mol. The molecule has 2 aliphatic heterocycles. The number of cyclic esters (lactones) is 1. The van der Waals surface area contributed by atoms with Gasteiger partial charge in [0.05, 0.1) is 19.4 Å². The van der Waals surface area contributed by atoms with Crippen LogP contribution in [-0.4, -0.2) is 95.9 Å². The molecule has 0 aromatic heterocycles. The zero-order chi connectivity index (χ0) is 19.2. The number of ether oxygens (including phenoxy) is 3. The van der Waals surface area contributed by atoms with Gasteiger partial charge in [-0.15, -0.1) is 0 Å². The summed E-state index contributed by atoms with van der Waals surface area (Å²) in [6.07, 6.45) is -9.73. The van der Waals surface area contributed by atoms with Gasteiger partial charge < -0.3 is 50.0 Å². The molecule has 2 saturated heterocycles. The average Bonchev–Trinajstić information content (AvgIpc) is 2.56. The summed E-state index contributed by atoms with van der Waals surface area (Å²) in [5, 5.41) is 68.4. The molecule has 2 heterocycles. The van der Waals surface area contributed by atoms with Gasteiger partial charge in [-0.25, -0.2) is 4.79 Å². The summed E-state index contributed by atoms with van der Waals surface area (Å²) in [6, 6.07) is 0. The highest BCUT2D eigenvalue weighted by Crippen LogP contribution is 2.40. The lowest BCUT2D eigenvalue weighted by molar-refractivity contribution is -0.466. The van der Waals surface area contributed by atoms with E-state index in [9.17, 15) is 45.0 Å². The quantitative estimate of drug-likeness (QED) is 0.230. The summed E-state index contributed by atoms with van der Waals surface area (Å²) in [4.78, 5) is 35.4. The van der Waals surface area contributed by atoms with Crippen LogP contribution in [0.15, 0.2) is 0 Å². The van der Waals surface area contributed by atoms with Crippen LogP contribution in [0.3, 0.4) is 0 Å². The highest BCUT2D eigenvalue weighted by atomic mass is 16.9. The van der Waals surface area contributed by atoms with Crippen molar-refractivity contribution in [2.75, 3.05) is 6.61 Å². The van der Waals surface area contributed by atoms with Crippen LogP contribution >= 0.6 is 0 Å². The molecular weight excluding hydrogens is 352 g/mol. The Hall–Kier alpha value is -1.87. The van der Waals surface area contributed by atoms with Crippen molar-refractivity contribution in [1.29, 1.82) is 0 Å². The standard InChI is InChI=1S/C12H16O13/c13-3-4(14)7(17)8(18)11(21)12(22)24-6(16)2-10(20,9(19)25-12)1-5(15)23-11/h4,7-8,13-14,17-18,20-22H,1-3H2/t4-,7+,8+,10?,11+,12?/m0/s1. The van der Waals surface area contributed by atoms with Crippen molar-refractivity contribution in [2.24, 2.45) is 0 Å². The van der Waals surface area contributed by atoms with E-state index in [0.717, 1.165) is 0 Å². The summed E-state index contributed by atoms with van der Waals surface area (Å²) in [5.41, 5.74) is -2.76. The molecular formula is C12H16O13. The van der Waals surface area contributed by atoms with Crippen molar-refractivity contribution in [3.63, 3.8) is 0 Å². The van der Waals surface area contributed by atoms with E-state index in [1.54, 1.807) is 0 Å². The van der Waals surface area contributed by atoms with Gasteiger partial charge >= 0.3 is 29.7 Å². The molecule has 0 aliphatic carbocycles. The Kier molecular flexibility index (Phi) is 4.77. The van der Waals surface area contributed by atoms with E-state index in [2.05, 4.69) is 14.2 Å². The summed E-state index contributed by atoms with van der Waals surface area (Å²) >= 11 is 0. The summed E-state index contributed by atoms with van der Waals surface area (Å²) in [7, 11) is 0. The van der Waals surface area contributed by atoms with Gasteiger partial charge in [0.25, 0.3) is 0 Å². The minimum Gasteiger partial charge on any atom is -0.419 e. The lowest BCUT2D eigenvalue weighted by Crippen LogP contribution is -2.71. The Bertz CT molecular complexity index is 592. The molecule has 0 aromatic rings. The second-order valence-corrected chi connectivity index (χ2v) is 5.69. The van der Waals surface area contributed by atoms with Crippen LogP contribution in [-0.2, 0) is 28.6 Å². The lowest BCUT2D eigenvalue weighted by Gasteiger charge is -2.43. The number of carbonyl (C=O) groups is 3. The van der Waals surface area contributed by atoms with Crippen molar-refractivity contribution in [3.8, 4) is 0 Å². The Morgan fingerprint density at radius 2 is 1.44 bits per heavy atom. The third-order valence-corrected chi connectivity index (χ3v) is 3.76. The number of rotatable bonds is 4. The first-order chi connectivity index (χ1) is 11.4. The van der Waals surface area contributed by atoms with Crippen LogP contribution in [0.5, 0.6) is 0 Å². The molecule has 2 rings (SSSR count). The highest BCUT2D eigenvalue weighted by Gasteiger charge is 2.71. The molecule has 2 bridgehead atoms. The van der Waals surface area contributed by atoms with E-state index in [4.69, 9.17) is 5.11 Å². The summed E-state index contributed by atoms with van der Waals surface area (Å²) < 4.78 is 13.0. The van der Waals surface area contributed by atoms with Crippen molar-refractivity contribution >= 4 is 17.9 Å². The molecule has 0 amide bonds. The molecule has 0 saturated carbocycles. The zero-order valence-electron chi connectivity index (χ0n) is 12.4. The van der Waals surface area contributed by atoms with Gasteiger partial charge in [-0.1, -0.05) is 0 Å². The Morgan fingerprint density at radius 1 is 0.920 bits per heavy atom. The van der Waals surface area contributed by atoms with E-state index in [1.165, 1.54) is 0 Å². The molecule has 142 valence electrons. The maximum Gasteiger partial charge on any atom is 0.446 e. The van der Waals surface area contributed by atoms with Crippen molar-refractivity contribution < 1.29 is 64.3 Å². The van der Waals surface area contributed by atoms with Gasteiger partial charge in [0, 0.05) is 0 Å². The second-order valence-electron chi connectivity index (χ2n) is 5.69. The zero-order valence-corrected chi connectivity index (χ0v) is 12.4. The Balaban J connectivity index is 2.55. The van der Waals surface area contributed by atoms with E-state index in [0.29, 0.717) is 0 Å². The average molecular weight is 368 g/mol. The topological polar surface area (TPSA) is 221 Å². The molecule has 2 aliphatic rings. The minimum absolute atomic E-state index is 1.12. The Labute approximate surface area is 138 Å². The van der Waals surface area contributed by atoms with Crippen molar-refractivity contribution in [1.82, 2.24) is 0 Å². The van der Waals surface area contributed by atoms with Gasteiger partial charge in [0.1, 0.15) is 12.2 Å². The van der Waals surface area contributed by atoms with E-state index in [1.807, 2.05) is 0 Å². The number of hydrogen-bond acceptors (Lipinski definition) is 13. The van der Waals surface area contributed by atoms with Crippen LogP contribution in [0.2, 0.25) is 0 Å². The van der Waals surface area contributed by atoms with Crippen LogP contribution in [0.1, 0.15) is 12.8 Å². The SMILES string of the molecule is O=C1CC2(O)CC(=O)O[C@](O)([C@H](O)[C@H](O)[C@@H](O)CO)C(O)(O1)OC2=O. The molecule has 2 fully saturated rings. The van der Waals surface area contributed by atoms with Crippen LogP contribution in [0, 0.1) is 0 Å². The molecule has 0 spiro atoms. The van der Waals surface area contributed by atoms with Crippen molar-refractivity contribution in [3.05, 3.63) is 0 Å². The number of hydrogen-bond donors (Lipinski definition) is 7. The van der Waals surface area contributed by atoms with Gasteiger partial charge in [-0.2, -0.15) is 0 Å². The fraction of sp³-hybridized carbons (Fsp3) is 0.750. The predicted octanol–water partition coefficient (Wildman–Crippen LogP) is -5.44. The Morgan fingerprint density at radius 3 is 1.96 bits per heavy atom. The molecule has 13 nitrogen and oxygen atoms in total. The number of aliphatic hydroxyl groups excluding tert-OH is 4. The fourth-order valence-electron chi connectivity index (χ4n) is 2.33. The van der Waals surface area contributed by atoms with E-state index >= 15 is 0 Å². The van der Waals surface area contributed by atoms with Crippen LogP contribution in [0.25, 0.3) is 0 Å². The first-order valence-corrected chi connectivity index (χ1v) is 6.88. The number of fused-ring (bicyclic) bond motifs is 3. The van der Waals surface area contributed by atoms with Crippen LogP contribution in [0.4, 0.5) is 0 Å². The van der Waals surface area contributed by atoms with Gasteiger partial charge in [0.15, 0.2) is 11.7 Å². The number of aliphatic hydroxyl groups is 7. The molecule has 0 aromatic carbocycles. The smallest absolute Gasteiger partial charge is 0.419 e. The molecule has 13 heteroatoms. The summed E-state index contributed by atoms with van der Waals surface area (Å²) in [6.45, 7) is -1.12. The van der Waals surface area contributed by atoms with Gasteiger partial charge in [-0.05, 0) is 0 Å². The van der Waals surface area contributed by atoms with Gasteiger partial charge in [0.2, 0.25) is 0 Å². The van der Waals surface area contributed by atoms with Crippen molar-refractivity contribution in [2.45, 2.75) is 48.5 Å². The normalized spacial score (nSPS) is 39.2. The number of carbonyl (C=O) groups excluding carboxylic acids is 3. The first kappa shape index (κ1) is 19.5. The largest absolute Gasteiger partial charge is 0.446 e. The lowest BCUT2D eigenvalue weighted by atomic mass is 9.94. The highest BCUT2D eigenvalue weighted by molar-refractivity contribution is 5.92. The maximum atomic E-state index is 11.9. The first-order valence-electron chi connectivity index (χ1n) is 6.88. The van der Waals surface area contributed by atoms with Gasteiger partial charge in [-0.3, -0.25) is 9.59 Å². The summed E-state index contributed by atoms with van der Waals surface area (Å²) in [5.74, 6) is -12.5. The number of esters is 3. The molecule has 0 radical (unpaired) electrons. The fourth-order valence-corrected chi connectivity index (χ4v) is 2.33. The molecule has 25 heavy (non-hydrogen) atoms. The second kappa shape index (κ2) is 6.14. The molecule has 6 atom stereocenters. The third kappa shape index (κ3) is 3.06. The minimum atomic E-state index is -3.86. The third-order valence-electron chi connectivity index (χ3n) is 3.76. The van der Waals surface area contributed by atoms with Crippen LogP contribution < -0.4 is 0 Å². The molecule has 7 N–H and O–H groups in total.